The molecule has 0 bridgehead atoms. The monoisotopic (exact) mass is 308 g/mol. The molecule has 1 fully saturated rings. The molecule has 1 aliphatic rings. The van der Waals surface area contributed by atoms with Crippen molar-refractivity contribution in [3.05, 3.63) is 0 Å². The van der Waals surface area contributed by atoms with Crippen LogP contribution in [0.4, 0.5) is 8.99 Å². The molecule has 1 heterocycles. The van der Waals surface area contributed by atoms with E-state index in [9.17, 15) is 8.99 Å². The first kappa shape index (κ1) is 19.6. The fraction of sp³-hybridized carbons (Fsp3) is 0.929. The lowest BCUT2D eigenvalue weighted by Crippen LogP contribution is -2.42. The Labute approximate surface area is 124 Å². The van der Waals surface area contributed by atoms with E-state index < -0.39 is 13.8 Å². The molecular formula is C14H30FN2O2P. The van der Waals surface area contributed by atoms with Crippen LogP contribution in [0.15, 0.2) is 0 Å². The van der Waals surface area contributed by atoms with Crippen molar-refractivity contribution in [2.24, 2.45) is 0 Å². The second-order valence-electron chi connectivity index (χ2n) is 5.90. The maximum atomic E-state index is 13.8. The molecule has 1 aliphatic heterocycles. The van der Waals surface area contributed by atoms with Gasteiger partial charge in [0.15, 0.2) is 0 Å². The number of ether oxygens (including phenoxy) is 1. The number of carbonyl (C=O) groups excluding carboxylic acids is 1. The maximum Gasteiger partial charge on any atom is 0.410 e. The van der Waals surface area contributed by atoms with Crippen molar-refractivity contribution in [2.45, 2.75) is 52.7 Å². The lowest BCUT2D eigenvalue weighted by molar-refractivity contribution is 0.0230. The van der Waals surface area contributed by atoms with Gasteiger partial charge in [-0.25, -0.2) is 8.99 Å². The van der Waals surface area contributed by atoms with Crippen LogP contribution in [0.3, 0.4) is 0 Å². The largest absolute Gasteiger partial charge is 0.444 e. The van der Waals surface area contributed by atoms with E-state index in [4.69, 9.17) is 4.74 Å². The number of nitrogens with zero attached hydrogens (tertiary/aromatic N) is 2. The molecule has 1 amide bonds. The number of hydrogen-bond donors (Lipinski definition) is 0. The van der Waals surface area contributed by atoms with Gasteiger partial charge in [-0.05, 0) is 34.2 Å². The van der Waals surface area contributed by atoms with E-state index in [2.05, 4.69) is 0 Å². The Balaban J connectivity index is 0.00000172. The quantitative estimate of drug-likeness (QED) is 0.689. The molecule has 0 aromatic carbocycles. The summed E-state index contributed by atoms with van der Waals surface area (Å²) in [6.07, 6.45) is 1.40. The average Bonchev–Trinajstić information content (AvgIpc) is 2.49. The van der Waals surface area contributed by atoms with Crippen molar-refractivity contribution in [3.63, 3.8) is 0 Å². The SMILES string of the molecule is CC.CN1CCC(N(C)C(=O)OC(C)(C)C)CP(F)C1. The normalized spacial score (nSPS) is 24.2. The molecule has 4 nitrogen and oxygen atoms in total. The molecule has 0 aromatic rings. The van der Waals surface area contributed by atoms with E-state index >= 15 is 0 Å². The van der Waals surface area contributed by atoms with Crippen molar-refractivity contribution >= 4 is 14.3 Å². The van der Waals surface area contributed by atoms with E-state index in [0.29, 0.717) is 12.4 Å². The Morgan fingerprint density at radius 1 is 1.40 bits per heavy atom. The predicted molar refractivity (Wildman–Crippen MR) is 84.1 cm³/mol. The van der Waals surface area contributed by atoms with Crippen molar-refractivity contribution in [1.29, 1.82) is 0 Å². The fourth-order valence-corrected chi connectivity index (χ4v) is 3.54. The molecule has 0 N–H and O–H groups in total. The first-order valence-electron chi connectivity index (χ1n) is 7.24. The molecular weight excluding hydrogens is 278 g/mol. The zero-order chi connectivity index (χ0) is 15.9. The van der Waals surface area contributed by atoms with Crippen LogP contribution in [-0.2, 0) is 4.74 Å². The zero-order valence-corrected chi connectivity index (χ0v) is 14.8. The molecule has 0 radical (unpaired) electrons. The van der Waals surface area contributed by atoms with Gasteiger partial charge in [0.2, 0.25) is 0 Å². The molecule has 0 saturated carbocycles. The number of rotatable bonds is 1. The summed E-state index contributed by atoms with van der Waals surface area (Å²) in [5.74, 6) is 0. The average molecular weight is 308 g/mol. The van der Waals surface area contributed by atoms with Crippen LogP contribution in [0, 0.1) is 0 Å². The second kappa shape index (κ2) is 8.78. The van der Waals surface area contributed by atoms with E-state index in [0.717, 1.165) is 13.0 Å². The topological polar surface area (TPSA) is 32.8 Å². The van der Waals surface area contributed by atoms with Gasteiger partial charge in [0.05, 0.1) is 8.23 Å². The van der Waals surface area contributed by atoms with Crippen LogP contribution in [0.25, 0.3) is 0 Å². The van der Waals surface area contributed by atoms with E-state index in [1.165, 1.54) is 0 Å². The van der Waals surface area contributed by atoms with Gasteiger partial charge in [0.1, 0.15) is 5.60 Å². The van der Waals surface area contributed by atoms with Crippen LogP contribution in [0.1, 0.15) is 41.0 Å². The van der Waals surface area contributed by atoms with Crippen LogP contribution in [0.5, 0.6) is 0 Å². The van der Waals surface area contributed by atoms with Gasteiger partial charge in [0.25, 0.3) is 0 Å². The van der Waals surface area contributed by atoms with E-state index in [1.54, 1.807) is 11.9 Å². The molecule has 1 saturated heterocycles. The molecule has 0 aromatic heterocycles. The third-order valence-corrected chi connectivity index (χ3v) is 4.48. The summed E-state index contributed by atoms with van der Waals surface area (Å²) >= 11 is 0. The standard InChI is InChI=1S/C12H24FN2O2P.C2H6/c1-12(2,3)17-11(16)15(5)10-6-7-14(4)9-18(13)8-10;1-2/h10H,6-9H2,1-5H3;1-2H3. The molecule has 2 unspecified atom stereocenters. The van der Waals surface area contributed by atoms with Crippen LogP contribution >= 0.6 is 8.23 Å². The van der Waals surface area contributed by atoms with Gasteiger partial charge >= 0.3 is 6.09 Å². The molecule has 0 aliphatic carbocycles. The number of hydrogen-bond acceptors (Lipinski definition) is 3. The highest BCUT2D eigenvalue weighted by Gasteiger charge is 2.30. The Morgan fingerprint density at radius 2 is 1.95 bits per heavy atom. The first-order valence-corrected chi connectivity index (χ1v) is 8.84. The molecule has 1 rings (SSSR count). The summed E-state index contributed by atoms with van der Waals surface area (Å²) in [5, 5.41) is 0. The van der Waals surface area contributed by atoms with E-state index in [-0.39, 0.29) is 12.1 Å². The minimum atomic E-state index is -1.51. The Bertz CT molecular complexity index is 297. The van der Waals surface area contributed by atoms with Crippen molar-refractivity contribution in [2.75, 3.05) is 33.1 Å². The molecule has 120 valence electrons. The minimum Gasteiger partial charge on any atom is -0.444 e. The summed E-state index contributed by atoms with van der Waals surface area (Å²) in [4.78, 5) is 15.5. The van der Waals surface area contributed by atoms with Gasteiger partial charge in [0, 0.05) is 32.1 Å². The highest BCUT2D eigenvalue weighted by Crippen LogP contribution is 2.41. The Kier molecular flexibility index (Phi) is 8.60. The second-order valence-corrected chi connectivity index (χ2v) is 7.47. The summed E-state index contributed by atoms with van der Waals surface area (Å²) in [6, 6.07) is -0.0547. The molecule has 0 spiro atoms. The van der Waals surface area contributed by atoms with Crippen LogP contribution in [0.2, 0.25) is 0 Å². The smallest absolute Gasteiger partial charge is 0.410 e. The predicted octanol–water partition coefficient (Wildman–Crippen LogP) is 3.91. The van der Waals surface area contributed by atoms with Crippen molar-refractivity contribution < 1.29 is 13.7 Å². The van der Waals surface area contributed by atoms with Gasteiger partial charge in [-0.1, -0.05) is 13.8 Å². The molecule has 6 heteroatoms. The summed E-state index contributed by atoms with van der Waals surface area (Å²) in [6.45, 7) is 10.3. The van der Waals surface area contributed by atoms with E-state index in [1.807, 2.05) is 46.6 Å². The third kappa shape index (κ3) is 7.39. The summed E-state index contributed by atoms with van der Waals surface area (Å²) in [7, 11) is 2.11. The van der Waals surface area contributed by atoms with Gasteiger partial charge < -0.3 is 9.64 Å². The lowest BCUT2D eigenvalue weighted by Gasteiger charge is -2.30. The van der Waals surface area contributed by atoms with Gasteiger partial charge in [-0.3, -0.25) is 4.90 Å². The highest BCUT2D eigenvalue weighted by molar-refractivity contribution is 7.52. The number of carbonyl (C=O) groups is 1. The third-order valence-electron chi connectivity index (χ3n) is 2.88. The minimum absolute atomic E-state index is 0.0547. The lowest BCUT2D eigenvalue weighted by atomic mass is 10.2. The molecule has 2 atom stereocenters. The summed E-state index contributed by atoms with van der Waals surface area (Å²) in [5.41, 5.74) is -0.507. The van der Waals surface area contributed by atoms with Crippen molar-refractivity contribution in [1.82, 2.24) is 9.80 Å². The van der Waals surface area contributed by atoms with Crippen molar-refractivity contribution in [3.8, 4) is 0 Å². The first-order chi connectivity index (χ1) is 9.19. The zero-order valence-electron chi connectivity index (χ0n) is 13.9. The van der Waals surface area contributed by atoms with Gasteiger partial charge in [-0.2, -0.15) is 0 Å². The Hall–Kier alpha value is -0.410. The summed E-state index contributed by atoms with van der Waals surface area (Å²) < 4.78 is 19.1. The van der Waals surface area contributed by atoms with Crippen LogP contribution in [-0.4, -0.2) is 60.6 Å². The van der Waals surface area contributed by atoms with Crippen LogP contribution < -0.4 is 0 Å². The maximum absolute atomic E-state index is 13.8. The van der Waals surface area contributed by atoms with Gasteiger partial charge in [-0.15, -0.1) is 0 Å². The molecule has 20 heavy (non-hydrogen) atoms. The number of amides is 1. The fourth-order valence-electron chi connectivity index (χ4n) is 1.88. The number of halogens is 1. The Morgan fingerprint density at radius 3 is 2.45 bits per heavy atom. The highest BCUT2D eigenvalue weighted by atomic mass is 31.2.